The highest BCUT2D eigenvalue weighted by atomic mass is 79.9. The summed E-state index contributed by atoms with van der Waals surface area (Å²) in [4.78, 5) is 0. The smallest absolute Gasteiger partial charge is 0.0582 e. The van der Waals surface area contributed by atoms with Crippen LogP contribution in [0.2, 0.25) is 0 Å². The second-order valence-corrected chi connectivity index (χ2v) is 4.78. The first kappa shape index (κ1) is 12.7. The molecule has 0 unspecified atom stereocenters. The van der Waals surface area contributed by atoms with Crippen LogP contribution >= 0.6 is 15.9 Å². The molecule has 0 amide bonds. The fourth-order valence-corrected chi connectivity index (χ4v) is 2.04. The predicted molar refractivity (Wildman–Crippen MR) is 67.0 cm³/mol. The first-order chi connectivity index (χ1) is 7.06. The molecule has 2 nitrogen and oxygen atoms in total. The van der Waals surface area contributed by atoms with Crippen LogP contribution in [0.5, 0.6) is 0 Å². The van der Waals surface area contributed by atoms with Crippen molar-refractivity contribution in [3.63, 3.8) is 0 Å². The van der Waals surface area contributed by atoms with E-state index in [4.69, 9.17) is 5.11 Å². The highest BCUT2D eigenvalue weighted by molar-refractivity contribution is 9.10. The Morgan fingerprint density at radius 3 is 2.67 bits per heavy atom. The minimum absolute atomic E-state index is 0.124. The first-order valence-electron chi connectivity index (χ1n) is 5.18. The molecule has 0 radical (unpaired) electrons. The molecule has 0 aliphatic rings. The summed E-state index contributed by atoms with van der Waals surface area (Å²) in [6.07, 6.45) is 0. The SMILES string of the molecule is Cc1c(Br)cccc1[C@H](C)N[C@H](C)CO. The molecule has 0 saturated carbocycles. The van der Waals surface area contributed by atoms with E-state index in [0.29, 0.717) is 0 Å². The van der Waals surface area contributed by atoms with Gasteiger partial charge < -0.3 is 10.4 Å². The monoisotopic (exact) mass is 271 g/mol. The lowest BCUT2D eigenvalue weighted by Gasteiger charge is -2.20. The van der Waals surface area contributed by atoms with Gasteiger partial charge >= 0.3 is 0 Å². The van der Waals surface area contributed by atoms with Gasteiger partial charge in [-0.3, -0.25) is 0 Å². The molecule has 0 saturated heterocycles. The van der Waals surface area contributed by atoms with Crippen LogP contribution in [-0.2, 0) is 0 Å². The largest absolute Gasteiger partial charge is 0.395 e. The molecule has 1 rings (SSSR count). The number of halogens is 1. The minimum atomic E-state index is 0.124. The Bertz CT molecular complexity index is 327. The van der Waals surface area contributed by atoms with Gasteiger partial charge in [0.25, 0.3) is 0 Å². The summed E-state index contributed by atoms with van der Waals surface area (Å²) in [5.74, 6) is 0. The summed E-state index contributed by atoms with van der Waals surface area (Å²) >= 11 is 3.52. The van der Waals surface area contributed by atoms with Crippen molar-refractivity contribution in [2.75, 3.05) is 6.61 Å². The van der Waals surface area contributed by atoms with Crippen molar-refractivity contribution in [2.24, 2.45) is 0 Å². The van der Waals surface area contributed by atoms with Crippen LogP contribution in [0, 0.1) is 6.92 Å². The van der Waals surface area contributed by atoms with Crippen LogP contribution in [0.3, 0.4) is 0 Å². The maximum Gasteiger partial charge on any atom is 0.0582 e. The fraction of sp³-hybridized carbons (Fsp3) is 0.500. The van der Waals surface area contributed by atoms with E-state index in [1.54, 1.807) is 0 Å². The molecule has 0 aliphatic carbocycles. The van der Waals surface area contributed by atoms with Crippen molar-refractivity contribution < 1.29 is 5.11 Å². The van der Waals surface area contributed by atoms with E-state index < -0.39 is 0 Å². The van der Waals surface area contributed by atoms with Gasteiger partial charge in [-0.1, -0.05) is 28.1 Å². The quantitative estimate of drug-likeness (QED) is 0.883. The third-order valence-corrected chi connectivity index (χ3v) is 3.44. The zero-order valence-corrected chi connectivity index (χ0v) is 11.0. The number of rotatable bonds is 4. The van der Waals surface area contributed by atoms with Gasteiger partial charge in [0.1, 0.15) is 0 Å². The van der Waals surface area contributed by atoms with E-state index in [2.05, 4.69) is 41.2 Å². The number of hydrogen-bond donors (Lipinski definition) is 2. The Labute approximate surface area is 99.8 Å². The van der Waals surface area contributed by atoms with Crippen LogP contribution in [0.25, 0.3) is 0 Å². The molecule has 1 aromatic carbocycles. The Balaban J connectivity index is 2.82. The Morgan fingerprint density at radius 2 is 2.07 bits per heavy atom. The van der Waals surface area contributed by atoms with E-state index in [1.807, 2.05) is 19.1 Å². The Morgan fingerprint density at radius 1 is 1.40 bits per heavy atom. The molecule has 15 heavy (non-hydrogen) atoms. The van der Waals surface area contributed by atoms with Crippen LogP contribution in [0.1, 0.15) is 31.0 Å². The van der Waals surface area contributed by atoms with Gasteiger partial charge in [-0.05, 0) is 38.0 Å². The zero-order valence-electron chi connectivity index (χ0n) is 9.42. The molecule has 1 aromatic rings. The van der Waals surface area contributed by atoms with Crippen LogP contribution in [0.4, 0.5) is 0 Å². The second-order valence-electron chi connectivity index (χ2n) is 3.93. The van der Waals surface area contributed by atoms with Crippen molar-refractivity contribution in [3.05, 3.63) is 33.8 Å². The first-order valence-corrected chi connectivity index (χ1v) is 5.97. The molecular formula is C12H18BrNO. The van der Waals surface area contributed by atoms with Crippen molar-refractivity contribution in [1.82, 2.24) is 5.32 Å². The van der Waals surface area contributed by atoms with Crippen molar-refractivity contribution in [2.45, 2.75) is 32.9 Å². The van der Waals surface area contributed by atoms with E-state index in [-0.39, 0.29) is 18.7 Å². The molecule has 0 bridgehead atoms. The van der Waals surface area contributed by atoms with Gasteiger partial charge in [0.2, 0.25) is 0 Å². The highest BCUT2D eigenvalue weighted by Gasteiger charge is 2.11. The third kappa shape index (κ3) is 3.30. The lowest BCUT2D eigenvalue weighted by molar-refractivity contribution is 0.243. The van der Waals surface area contributed by atoms with Crippen molar-refractivity contribution in [3.8, 4) is 0 Å². The van der Waals surface area contributed by atoms with Gasteiger partial charge in [-0.25, -0.2) is 0 Å². The third-order valence-electron chi connectivity index (χ3n) is 2.58. The van der Waals surface area contributed by atoms with E-state index in [0.717, 1.165) is 4.47 Å². The number of nitrogens with one attached hydrogen (secondary N) is 1. The summed E-state index contributed by atoms with van der Waals surface area (Å²) in [6, 6.07) is 6.57. The molecule has 2 atom stereocenters. The Hall–Kier alpha value is -0.380. The van der Waals surface area contributed by atoms with E-state index in [1.165, 1.54) is 11.1 Å². The van der Waals surface area contributed by atoms with E-state index >= 15 is 0 Å². The molecule has 0 fully saturated rings. The topological polar surface area (TPSA) is 32.3 Å². The summed E-state index contributed by atoms with van der Waals surface area (Å²) in [5, 5.41) is 12.3. The molecule has 0 heterocycles. The molecule has 0 aromatic heterocycles. The normalized spacial score (nSPS) is 15.0. The number of hydrogen-bond acceptors (Lipinski definition) is 2. The molecule has 84 valence electrons. The van der Waals surface area contributed by atoms with E-state index in [9.17, 15) is 0 Å². The lowest BCUT2D eigenvalue weighted by Crippen LogP contribution is -2.32. The second kappa shape index (κ2) is 5.64. The number of benzene rings is 1. The molecule has 3 heteroatoms. The minimum Gasteiger partial charge on any atom is -0.395 e. The predicted octanol–water partition coefficient (Wildman–Crippen LogP) is 2.79. The molecule has 2 N–H and O–H groups in total. The summed E-state index contributed by atoms with van der Waals surface area (Å²) < 4.78 is 1.13. The molecular weight excluding hydrogens is 254 g/mol. The highest BCUT2D eigenvalue weighted by Crippen LogP contribution is 2.24. The van der Waals surface area contributed by atoms with Gasteiger partial charge in [0, 0.05) is 16.6 Å². The van der Waals surface area contributed by atoms with Crippen LogP contribution in [-0.4, -0.2) is 17.8 Å². The standard InChI is InChI=1S/C12H18BrNO/c1-8(7-15)14-10(3)11-5-4-6-12(13)9(11)2/h4-6,8,10,14-15H,7H2,1-3H3/t8-,10+/m1/s1. The summed E-state index contributed by atoms with van der Waals surface area (Å²) in [7, 11) is 0. The van der Waals surface area contributed by atoms with Gasteiger partial charge in [0.15, 0.2) is 0 Å². The average molecular weight is 272 g/mol. The fourth-order valence-electron chi connectivity index (χ4n) is 1.66. The number of aliphatic hydroxyl groups excluding tert-OH is 1. The number of aliphatic hydroxyl groups is 1. The van der Waals surface area contributed by atoms with Crippen molar-refractivity contribution in [1.29, 1.82) is 0 Å². The summed E-state index contributed by atoms with van der Waals surface area (Å²) in [5.41, 5.74) is 2.52. The lowest BCUT2D eigenvalue weighted by atomic mass is 10.0. The van der Waals surface area contributed by atoms with Gasteiger partial charge in [-0.15, -0.1) is 0 Å². The van der Waals surface area contributed by atoms with Gasteiger partial charge in [-0.2, -0.15) is 0 Å². The summed E-state index contributed by atoms with van der Waals surface area (Å²) in [6.45, 7) is 6.35. The zero-order chi connectivity index (χ0) is 11.4. The van der Waals surface area contributed by atoms with Gasteiger partial charge in [0.05, 0.1) is 6.61 Å². The maximum atomic E-state index is 8.98. The van der Waals surface area contributed by atoms with Crippen LogP contribution < -0.4 is 5.32 Å². The molecule has 0 spiro atoms. The average Bonchev–Trinajstić information content (AvgIpc) is 2.21. The Kier molecular flexibility index (Phi) is 4.77. The van der Waals surface area contributed by atoms with Crippen LogP contribution in [0.15, 0.2) is 22.7 Å². The van der Waals surface area contributed by atoms with Crippen molar-refractivity contribution >= 4 is 15.9 Å². The molecule has 0 aliphatic heterocycles. The maximum absolute atomic E-state index is 8.98.